The first-order chi connectivity index (χ1) is 10.1. The van der Waals surface area contributed by atoms with Gasteiger partial charge in [0.2, 0.25) is 5.78 Å². The Morgan fingerprint density at radius 2 is 1.57 bits per heavy atom. The molecule has 2 aromatic rings. The molecule has 1 aliphatic rings. The molecule has 21 heavy (non-hydrogen) atoms. The third-order valence-electron chi connectivity index (χ3n) is 3.35. The molecule has 0 bridgehead atoms. The van der Waals surface area contributed by atoms with Gasteiger partial charge in [-0.3, -0.25) is 4.79 Å². The Labute approximate surface area is 119 Å². The number of carbonyl (C=O) groups excluding carboxylic acids is 2. The average molecular weight is 282 g/mol. The molecule has 5 nitrogen and oxygen atoms in total. The molecule has 3 rings (SSSR count). The Hall–Kier alpha value is -2.95. The number of Topliss-reactive ketones (excluding diaryl/α,β-unsaturated/α-hetero) is 1. The second-order valence-corrected chi connectivity index (χ2v) is 4.59. The van der Waals surface area contributed by atoms with Crippen molar-refractivity contribution in [1.82, 2.24) is 0 Å². The number of ether oxygens (including phenoxy) is 1. The van der Waals surface area contributed by atoms with E-state index in [-0.39, 0.29) is 11.1 Å². The summed E-state index contributed by atoms with van der Waals surface area (Å²) in [6.07, 6.45) is -1.09. The summed E-state index contributed by atoms with van der Waals surface area (Å²) in [6.45, 7) is 0. The van der Waals surface area contributed by atoms with Crippen molar-refractivity contribution in [3.8, 4) is 0 Å². The molecule has 1 atom stereocenters. The van der Waals surface area contributed by atoms with Crippen molar-refractivity contribution in [3.63, 3.8) is 0 Å². The SMILES string of the molecule is O=C(O)c1ccccc1C(=O)[C@@H]1OC(=O)c2ccccc21. The number of rotatable bonds is 3. The first-order valence-corrected chi connectivity index (χ1v) is 6.26. The number of hydrogen-bond donors (Lipinski definition) is 1. The molecule has 1 aliphatic heterocycles. The second-order valence-electron chi connectivity index (χ2n) is 4.59. The lowest BCUT2D eigenvalue weighted by Gasteiger charge is -2.11. The van der Waals surface area contributed by atoms with Gasteiger partial charge in [-0.1, -0.05) is 36.4 Å². The van der Waals surface area contributed by atoms with Crippen molar-refractivity contribution in [2.24, 2.45) is 0 Å². The number of esters is 1. The van der Waals surface area contributed by atoms with E-state index in [1.165, 1.54) is 18.2 Å². The lowest BCUT2D eigenvalue weighted by Crippen LogP contribution is -2.16. The fraction of sp³-hybridized carbons (Fsp3) is 0.0625. The van der Waals surface area contributed by atoms with E-state index in [4.69, 9.17) is 9.84 Å². The lowest BCUT2D eigenvalue weighted by atomic mass is 9.95. The van der Waals surface area contributed by atoms with Crippen molar-refractivity contribution >= 4 is 17.7 Å². The maximum Gasteiger partial charge on any atom is 0.339 e. The molecule has 1 heterocycles. The molecule has 0 saturated heterocycles. The van der Waals surface area contributed by atoms with Gasteiger partial charge in [-0.15, -0.1) is 0 Å². The fourth-order valence-corrected chi connectivity index (χ4v) is 2.37. The predicted octanol–water partition coefficient (Wildman–Crippen LogP) is 2.48. The predicted molar refractivity (Wildman–Crippen MR) is 72.3 cm³/mol. The van der Waals surface area contributed by atoms with Gasteiger partial charge in [0.25, 0.3) is 0 Å². The third kappa shape index (κ3) is 2.08. The quantitative estimate of drug-likeness (QED) is 0.691. The summed E-state index contributed by atoms with van der Waals surface area (Å²) >= 11 is 0. The summed E-state index contributed by atoms with van der Waals surface area (Å²) in [4.78, 5) is 35.5. The molecule has 0 fully saturated rings. The van der Waals surface area contributed by atoms with E-state index in [9.17, 15) is 14.4 Å². The van der Waals surface area contributed by atoms with Gasteiger partial charge in [-0.2, -0.15) is 0 Å². The molecular weight excluding hydrogens is 272 g/mol. The van der Waals surface area contributed by atoms with Crippen molar-refractivity contribution in [3.05, 3.63) is 70.8 Å². The standard InChI is InChI=1S/C16H10O5/c17-13(9-5-1-3-7-11(9)15(18)19)14-10-6-2-4-8-12(10)16(20)21-14/h1-8,14H,(H,18,19)/t14-/m1/s1. The van der Waals surface area contributed by atoms with Gasteiger partial charge >= 0.3 is 11.9 Å². The first-order valence-electron chi connectivity index (χ1n) is 6.26. The molecule has 0 saturated carbocycles. The van der Waals surface area contributed by atoms with Crippen LogP contribution < -0.4 is 0 Å². The van der Waals surface area contributed by atoms with E-state index < -0.39 is 23.8 Å². The van der Waals surface area contributed by atoms with Gasteiger partial charge in [0.05, 0.1) is 11.1 Å². The Morgan fingerprint density at radius 3 is 2.29 bits per heavy atom. The Balaban J connectivity index is 2.06. The van der Waals surface area contributed by atoms with Gasteiger partial charge < -0.3 is 9.84 Å². The minimum Gasteiger partial charge on any atom is -0.478 e. The first kappa shape index (κ1) is 13.1. The van der Waals surface area contributed by atoms with Gasteiger partial charge in [0.1, 0.15) is 0 Å². The van der Waals surface area contributed by atoms with Gasteiger partial charge in [-0.25, -0.2) is 9.59 Å². The number of fused-ring (bicyclic) bond motifs is 1. The summed E-state index contributed by atoms with van der Waals surface area (Å²) in [6, 6.07) is 12.5. The van der Waals surface area contributed by atoms with Crippen LogP contribution >= 0.6 is 0 Å². The molecule has 0 unspecified atom stereocenters. The summed E-state index contributed by atoms with van der Waals surface area (Å²) in [5, 5.41) is 9.14. The van der Waals surface area contributed by atoms with E-state index in [2.05, 4.69) is 0 Å². The van der Waals surface area contributed by atoms with Crippen molar-refractivity contribution in [2.75, 3.05) is 0 Å². The maximum atomic E-state index is 12.5. The van der Waals surface area contributed by atoms with Crippen LogP contribution in [0, 0.1) is 0 Å². The minimum absolute atomic E-state index is 0.0273. The average Bonchev–Trinajstić information content (AvgIpc) is 2.84. The van der Waals surface area contributed by atoms with Crippen LogP contribution in [0.3, 0.4) is 0 Å². The molecule has 2 aromatic carbocycles. The van der Waals surface area contributed by atoms with Crippen LogP contribution in [0.4, 0.5) is 0 Å². The third-order valence-corrected chi connectivity index (χ3v) is 3.35. The second kappa shape index (κ2) is 4.86. The number of carboxylic acid groups (broad SMARTS) is 1. The minimum atomic E-state index is -1.20. The lowest BCUT2D eigenvalue weighted by molar-refractivity contribution is 0.0354. The molecule has 0 spiro atoms. The number of benzene rings is 2. The Morgan fingerprint density at radius 1 is 0.952 bits per heavy atom. The fourth-order valence-electron chi connectivity index (χ4n) is 2.37. The number of hydrogen-bond acceptors (Lipinski definition) is 4. The highest BCUT2D eigenvalue weighted by Crippen LogP contribution is 2.33. The normalized spacial score (nSPS) is 16.2. The van der Waals surface area contributed by atoms with Crippen molar-refractivity contribution in [1.29, 1.82) is 0 Å². The van der Waals surface area contributed by atoms with Crippen LogP contribution in [0.15, 0.2) is 48.5 Å². The highest BCUT2D eigenvalue weighted by atomic mass is 16.6. The monoisotopic (exact) mass is 282 g/mol. The molecule has 104 valence electrons. The molecule has 0 aromatic heterocycles. The number of ketones is 1. The molecule has 0 radical (unpaired) electrons. The van der Waals surface area contributed by atoms with Crippen LogP contribution in [0.1, 0.15) is 42.7 Å². The number of cyclic esters (lactones) is 1. The molecule has 1 N–H and O–H groups in total. The van der Waals surface area contributed by atoms with Crippen molar-refractivity contribution < 1.29 is 24.2 Å². The molecular formula is C16H10O5. The summed E-state index contributed by atoms with van der Waals surface area (Å²) in [7, 11) is 0. The van der Waals surface area contributed by atoms with E-state index in [1.54, 1.807) is 30.3 Å². The van der Waals surface area contributed by atoms with Gasteiger partial charge in [0.15, 0.2) is 6.10 Å². The van der Waals surface area contributed by atoms with Crippen LogP contribution in [-0.4, -0.2) is 22.8 Å². The van der Waals surface area contributed by atoms with Gasteiger partial charge in [0, 0.05) is 11.1 Å². The van der Waals surface area contributed by atoms with Crippen LogP contribution in [0.2, 0.25) is 0 Å². The zero-order valence-electron chi connectivity index (χ0n) is 10.8. The van der Waals surface area contributed by atoms with E-state index in [1.807, 2.05) is 0 Å². The van der Waals surface area contributed by atoms with E-state index in [0.717, 1.165) is 0 Å². The highest BCUT2D eigenvalue weighted by Gasteiger charge is 2.37. The maximum absolute atomic E-state index is 12.5. The van der Waals surface area contributed by atoms with Crippen molar-refractivity contribution in [2.45, 2.75) is 6.10 Å². The van der Waals surface area contributed by atoms with Crippen LogP contribution in [-0.2, 0) is 4.74 Å². The zero-order chi connectivity index (χ0) is 15.0. The summed E-state index contributed by atoms with van der Waals surface area (Å²) < 4.78 is 5.10. The molecule has 5 heteroatoms. The van der Waals surface area contributed by atoms with Crippen LogP contribution in [0.25, 0.3) is 0 Å². The zero-order valence-corrected chi connectivity index (χ0v) is 10.8. The number of aromatic carboxylic acids is 1. The topological polar surface area (TPSA) is 80.7 Å². The smallest absolute Gasteiger partial charge is 0.339 e. The number of carboxylic acids is 1. The number of carbonyl (C=O) groups is 3. The summed E-state index contributed by atoms with van der Waals surface area (Å²) in [5.74, 6) is -2.31. The Bertz CT molecular complexity index is 763. The molecule has 0 aliphatic carbocycles. The van der Waals surface area contributed by atoms with E-state index in [0.29, 0.717) is 11.1 Å². The highest BCUT2D eigenvalue weighted by molar-refractivity contribution is 6.11. The van der Waals surface area contributed by atoms with Gasteiger partial charge in [-0.05, 0) is 12.1 Å². The Kier molecular flexibility index (Phi) is 3.02. The summed E-state index contributed by atoms with van der Waals surface area (Å²) in [5.41, 5.74) is 0.721. The largest absolute Gasteiger partial charge is 0.478 e. The van der Waals surface area contributed by atoms with E-state index >= 15 is 0 Å². The van der Waals surface area contributed by atoms with Crippen LogP contribution in [0.5, 0.6) is 0 Å². The molecule has 0 amide bonds.